The van der Waals surface area contributed by atoms with E-state index in [1.807, 2.05) is 30.3 Å². The molecule has 3 aromatic carbocycles. The van der Waals surface area contributed by atoms with E-state index in [4.69, 9.17) is 21.3 Å². The lowest BCUT2D eigenvalue weighted by molar-refractivity contribution is 0.0949. The van der Waals surface area contributed by atoms with Gasteiger partial charge in [0, 0.05) is 17.1 Å². The molecule has 0 aliphatic rings. The Labute approximate surface area is 199 Å². The first-order valence-corrected chi connectivity index (χ1v) is 11.7. The fourth-order valence-electron chi connectivity index (χ4n) is 3.76. The molecule has 1 N–H and O–H groups in total. The molecule has 0 atom stereocenters. The summed E-state index contributed by atoms with van der Waals surface area (Å²) in [5, 5.41) is 3.59. The van der Waals surface area contributed by atoms with Crippen LogP contribution in [0.25, 0.3) is 11.0 Å². The monoisotopic (exact) mass is 461 g/mol. The van der Waals surface area contributed by atoms with Crippen LogP contribution in [0.15, 0.2) is 72.8 Å². The molecule has 4 aromatic rings. The molecule has 33 heavy (non-hydrogen) atoms. The van der Waals surface area contributed by atoms with Gasteiger partial charge in [0.05, 0.1) is 24.2 Å². The van der Waals surface area contributed by atoms with E-state index in [-0.39, 0.29) is 5.91 Å². The predicted octanol–water partition coefficient (Wildman–Crippen LogP) is 6.04. The fraction of sp³-hybridized carbons (Fsp3) is 0.259. The highest BCUT2D eigenvalue weighted by molar-refractivity contribution is 6.30. The molecule has 1 aromatic heterocycles. The minimum atomic E-state index is -0.146. The lowest BCUT2D eigenvalue weighted by Gasteiger charge is -2.11. The minimum absolute atomic E-state index is 0.146. The van der Waals surface area contributed by atoms with Gasteiger partial charge in [-0.05, 0) is 73.4 Å². The number of carbonyl (C=O) groups is 1. The van der Waals surface area contributed by atoms with E-state index in [2.05, 4.69) is 35.0 Å². The van der Waals surface area contributed by atoms with Crippen molar-refractivity contribution in [3.8, 4) is 5.75 Å². The Bertz CT molecular complexity index is 1200. The first kappa shape index (κ1) is 22.9. The van der Waals surface area contributed by atoms with Gasteiger partial charge in [-0.1, -0.05) is 42.8 Å². The molecular formula is C27H28ClN3O2. The second kappa shape index (κ2) is 11.0. The highest BCUT2D eigenvalue weighted by Crippen LogP contribution is 2.18. The highest BCUT2D eigenvalue weighted by atomic mass is 35.5. The molecule has 4 rings (SSSR count). The third-order valence-electron chi connectivity index (χ3n) is 5.62. The minimum Gasteiger partial charge on any atom is -0.494 e. The fourth-order valence-corrected chi connectivity index (χ4v) is 3.88. The molecule has 0 saturated carbocycles. The Balaban J connectivity index is 1.35. The molecule has 6 heteroatoms. The first-order valence-electron chi connectivity index (χ1n) is 11.3. The van der Waals surface area contributed by atoms with Crippen molar-refractivity contribution < 1.29 is 9.53 Å². The second-order valence-corrected chi connectivity index (χ2v) is 8.35. The largest absolute Gasteiger partial charge is 0.494 e. The van der Waals surface area contributed by atoms with E-state index >= 15 is 0 Å². The summed E-state index contributed by atoms with van der Waals surface area (Å²) in [6, 6.07) is 23.2. The molecule has 0 aliphatic carbocycles. The number of para-hydroxylation sites is 2. The molecule has 5 nitrogen and oxygen atoms in total. The van der Waals surface area contributed by atoms with Crippen molar-refractivity contribution in [2.45, 2.75) is 39.3 Å². The quantitative estimate of drug-likeness (QED) is 0.293. The van der Waals surface area contributed by atoms with Gasteiger partial charge >= 0.3 is 0 Å². The van der Waals surface area contributed by atoms with Gasteiger partial charge in [-0.3, -0.25) is 4.79 Å². The van der Waals surface area contributed by atoms with Gasteiger partial charge in [-0.15, -0.1) is 0 Å². The summed E-state index contributed by atoms with van der Waals surface area (Å²) >= 11 is 5.92. The van der Waals surface area contributed by atoms with Crippen molar-refractivity contribution in [3.05, 3.63) is 94.8 Å². The van der Waals surface area contributed by atoms with Crippen molar-refractivity contribution in [1.29, 1.82) is 0 Å². The number of halogens is 1. The number of amides is 1. The maximum absolute atomic E-state index is 12.5. The maximum Gasteiger partial charge on any atom is 0.251 e. The van der Waals surface area contributed by atoms with Gasteiger partial charge in [-0.25, -0.2) is 4.98 Å². The highest BCUT2D eigenvalue weighted by Gasteiger charge is 2.12. The Morgan fingerprint density at radius 1 is 1.00 bits per heavy atom. The standard InChI is InChI=1S/C27H28ClN3O2/c1-2-20-9-15-23(16-10-20)33-18-6-5-17-31-25-8-4-3-7-24(25)30-26(31)19-29-27(32)21-11-13-22(28)14-12-21/h3-4,7-16H,2,5-6,17-19H2,1H3,(H,29,32). The summed E-state index contributed by atoms with van der Waals surface area (Å²) in [5.74, 6) is 1.60. The summed E-state index contributed by atoms with van der Waals surface area (Å²) in [6.45, 7) is 3.98. The topological polar surface area (TPSA) is 56.1 Å². The number of benzene rings is 3. The van der Waals surface area contributed by atoms with Crippen molar-refractivity contribution in [3.63, 3.8) is 0 Å². The second-order valence-electron chi connectivity index (χ2n) is 7.91. The lowest BCUT2D eigenvalue weighted by atomic mass is 10.2. The molecule has 0 fully saturated rings. The Morgan fingerprint density at radius 2 is 1.76 bits per heavy atom. The molecule has 0 bridgehead atoms. The number of hydrogen-bond donors (Lipinski definition) is 1. The molecular weight excluding hydrogens is 434 g/mol. The van der Waals surface area contributed by atoms with Crippen molar-refractivity contribution in [2.75, 3.05) is 6.61 Å². The number of ether oxygens (including phenoxy) is 1. The van der Waals surface area contributed by atoms with Gasteiger partial charge in [0.25, 0.3) is 5.91 Å². The molecule has 0 spiro atoms. The molecule has 0 radical (unpaired) electrons. The predicted molar refractivity (Wildman–Crippen MR) is 133 cm³/mol. The molecule has 0 saturated heterocycles. The zero-order valence-electron chi connectivity index (χ0n) is 18.8. The maximum atomic E-state index is 12.5. The van der Waals surface area contributed by atoms with Gasteiger partial charge < -0.3 is 14.6 Å². The van der Waals surface area contributed by atoms with Gasteiger partial charge in [-0.2, -0.15) is 0 Å². The first-order chi connectivity index (χ1) is 16.1. The summed E-state index contributed by atoms with van der Waals surface area (Å²) in [6.07, 6.45) is 2.91. The van der Waals surface area contributed by atoms with Crippen LogP contribution in [0.1, 0.15) is 41.5 Å². The number of fused-ring (bicyclic) bond motifs is 1. The number of unbranched alkanes of at least 4 members (excludes halogenated alkanes) is 1. The van der Waals surface area contributed by atoms with Gasteiger partial charge in [0.1, 0.15) is 11.6 Å². The van der Waals surface area contributed by atoms with Crippen LogP contribution >= 0.6 is 11.6 Å². The van der Waals surface area contributed by atoms with E-state index in [1.54, 1.807) is 24.3 Å². The number of rotatable bonds is 10. The van der Waals surface area contributed by atoms with E-state index in [1.165, 1.54) is 5.56 Å². The lowest BCUT2D eigenvalue weighted by Crippen LogP contribution is -2.24. The van der Waals surface area contributed by atoms with Crippen LogP contribution in [0.3, 0.4) is 0 Å². The Kier molecular flexibility index (Phi) is 7.63. The van der Waals surface area contributed by atoms with Crippen molar-refractivity contribution in [2.24, 2.45) is 0 Å². The average molecular weight is 462 g/mol. The zero-order valence-corrected chi connectivity index (χ0v) is 19.5. The number of aryl methyl sites for hydroxylation is 2. The number of carbonyl (C=O) groups excluding carboxylic acids is 1. The van der Waals surface area contributed by atoms with Gasteiger partial charge in [0.15, 0.2) is 0 Å². The van der Waals surface area contributed by atoms with Crippen LogP contribution in [-0.4, -0.2) is 22.1 Å². The summed E-state index contributed by atoms with van der Waals surface area (Å²) in [5.41, 5.74) is 3.89. The van der Waals surface area contributed by atoms with Crippen LogP contribution in [-0.2, 0) is 19.5 Å². The van der Waals surface area contributed by atoms with Crippen molar-refractivity contribution in [1.82, 2.24) is 14.9 Å². The van der Waals surface area contributed by atoms with Crippen LogP contribution in [0.5, 0.6) is 5.75 Å². The third-order valence-corrected chi connectivity index (χ3v) is 5.88. The molecule has 170 valence electrons. The molecule has 0 aliphatic heterocycles. The summed E-state index contributed by atoms with van der Waals surface area (Å²) in [7, 11) is 0. The molecule has 0 unspecified atom stereocenters. The summed E-state index contributed by atoms with van der Waals surface area (Å²) in [4.78, 5) is 17.3. The van der Waals surface area contributed by atoms with Gasteiger partial charge in [0.2, 0.25) is 0 Å². The van der Waals surface area contributed by atoms with Crippen LogP contribution in [0.4, 0.5) is 0 Å². The Hall–Kier alpha value is -3.31. The number of aromatic nitrogens is 2. The molecule has 1 heterocycles. The zero-order chi connectivity index (χ0) is 23.0. The van der Waals surface area contributed by atoms with E-state index in [0.717, 1.165) is 48.4 Å². The molecule has 1 amide bonds. The van der Waals surface area contributed by atoms with E-state index in [9.17, 15) is 4.79 Å². The van der Waals surface area contributed by atoms with E-state index < -0.39 is 0 Å². The Morgan fingerprint density at radius 3 is 2.52 bits per heavy atom. The summed E-state index contributed by atoms with van der Waals surface area (Å²) < 4.78 is 8.08. The smallest absolute Gasteiger partial charge is 0.251 e. The van der Waals surface area contributed by atoms with Crippen LogP contribution < -0.4 is 10.1 Å². The number of nitrogens with zero attached hydrogens (tertiary/aromatic N) is 2. The SMILES string of the molecule is CCc1ccc(OCCCCn2c(CNC(=O)c3ccc(Cl)cc3)nc3ccccc32)cc1. The van der Waals surface area contributed by atoms with Crippen LogP contribution in [0.2, 0.25) is 5.02 Å². The van der Waals surface area contributed by atoms with Crippen LogP contribution in [0, 0.1) is 0 Å². The normalized spacial score (nSPS) is 11.0. The number of imidazole rings is 1. The number of nitrogens with one attached hydrogen (secondary N) is 1. The third kappa shape index (κ3) is 5.93. The van der Waals surface area contributed by atoms with E-state index in [0.29, 0.717) is 23.7 Å². The average Bonchev–Trinajstić information content (AvgIpc) is 3.20. The number of hydrogen-bond acceptors (Lipinski definition) is 3. The van der Waals surface area contributed by atoms with Crippen molar-refractivity contribution >= 4 is 28.5 Å².